The lowest BCUT2D eigenvalue weighted by atomic mass is 9.96. The van der Waals surface area contributed by atoms with Crippen LogP contribution in [0.4, 0.5) is 0 Å². The van der Waals surface area contributed by atoms with Crippen LogP contribution in [-0.2, 0) is 10.0 Å². The van der Waals surface area contributed by atoms with Crippen LogP contribution in [0.25, 0.3) is 0 Å². The van der Waals surface area contributed by atoms with Gasteiger partial charge in [-0.2, -0.15) is 9.40 Å². The molecule has 1 fully saturated rings. The lowest BCUT2D eigenvalue weighted by molar-refractivity contribution is 0.388. The Morgan fingerprint density at radius 2 is 2.31 bits per heavy atom. The molecule has 1 N–H and O–H groups in total. The Balaban J connectivity index is 2.16. The van der Waals surface area contributed by atoms with Crippen LogP contribution in [0.2, 0.25) is 0 Å². The molecule has 0 aliphatic carbocycles. The second kappa shape index (κ2) is 4.18. The summed E-state index contributed by atoms with van der Waals surface area (Å²) in [5.41, 5.74) is 0. The van der Waals surface area contributed by atoms with Gasteiger partial charge < -0.3 is 0 Å². The maximum Gasteiger partial charge on any atom is 0.246 e. The fourth-order valence-corrected chi connectivity index (χ4v) is 3.46. The van der Waals surface area contributed by atoms with Crippen LogP contribution in [0, 0.1) is 11.8 Å². The van der Waals surface area contributed by atoms with E-state index >= 15 is 0 Å². The van der Waals surface area contributed by atoms with Crippen molar-refractivity contribution in [2.45, 2.75) is 25.2 Å². The zero-order valence-corrected chi connectivity index (χ0v) is 10.4. The van der Waals surface area contributed by atoms with Gasteiger partial charge in [0.1, 0.15) is 4.90 Å². The molecule has 2 rings (SSSR count). The molecule has 1 atom stereocenters. The number of aromatic amines is 1. The Hall–Kier alpha value is -0.880. The van der Waals surface area contributed by atoms with Crippen LogP contribution in [0.5, 0.6) is 0 Å². The number of H-pyrrole nitrogens is 1. The molecule has 1 aromatic rings. The SMILES string of the molecule is CC(C)C1CCN(S(=O)(=O)c2cn[nH]c2)C1. The van der Waals surface area contributed by atoms with E-state index in [1.807, 2.05) is 0 Å². The van der Waals surface area contributed by atoms with Gasteiger partial charge in [-0.25, -0.2) is 8.42 Å². The summed E-state index contributed by atoms with van der Waals surface area (Å²) in [5.74, 6) is 1.01. The molecule has 0 aromatic carbocycles. The minimum atomic E-state index is -3.32. The van der Waals surface area contributed by atoms with E-state index in [0.29, 0.717) is 24.9 Å². The van der Waals surface area contributed by atoms with E-state index in [2.05, 4.69) is 24.0 Å². The molecule has 90 valence electrons. The summed E-state index contributed by atoms with van der Waals surface area (Å²) in [6.45, 7) is 5.53. The van der Waals surface area contributed by atoms with E-state index in [1.165, 1.54) is 12.4 Å². The van der Waals surface area contributed by atoms with Crippen LogP contribution < -0.4 is 0 Å². The van der Waals surface area contributed by atoms with Crippen molar-refractivity contribution in [2.75, 3.05) is 13.1 Å². The second-order valence-electron chi connectivity index (χ2n) is 4.59. The minimum Gasteiger partial charge on any atom is -0.284 e. The average molecular weight is 243 g/mol. The van der Waals surface area contributed by atoms with Gasteiger partial charge in [-0.3, -0.25) is 5.10 Å². The number of nitrogens with zero attached hydrogens (tertiary/aromatic N) is 2. The molecule has 6 heteroatoms. The third kappa shape index (κ3) is 1.99. The highest BCUT2D eigenvalue weighted by Gasteiger charge is 2.33. The Kier molecular flexibility index (Phi) is 3.03. The van der Waals surface area contributed by atoms with Crippen LogP contribution in [0.15, 0.2) is 17.3 Å². The first-order chi connectivity index (χ1) is 7.51. The molecule has 2 heterocycles. The van der Waals surface area contributed by atoms with Crippen LogP contribution >= 0.6 is 0 Å². The van der Waals surface area contributed by atoms with Crippen molar-refractivity contribution < 1.29 is 8.42 Å². The summed E-state index contributed by atoms with van der Waals surface area (Å²) in [6.07, 6.45) is 3.74. The first-order valence-electron chi connectivity index (χ1n) is 5.50. The maximum atomic E-state index is 12.1. The standard InChI is InChI=1S/C10H17N3O2S/c1-8(2)9-3-4-13(7-9)16(14,15)10-5-11-12-6-10/h5-6,8-9H,3-4,7H2,1-2H3,(H,11,12). The predicted octanol–water partition coefficient (Wildman–Crippen LogP) is 1.08. The molecule has 16 heavy (non-hydrogen) atoms. The zero-order valence-electron chi connectivity index (χ0n) is 9.55. The number of aromatic nitrogens is 2. The summed E-state index contributed by atoms with van der Waals surface area (Å²) in [6, 6.07) is 0. The van der Waals surface area contributed by atoms with Gasteiger partial charge in [0.05, 0.1) is 6.20 Å². The second-order valence-corrected chi connectivity index (χ2v) is 6.53. The van der Waals surface area contributed by atoms with Crippen LogP contribution in [-0.4, -0.2) is 36.0 Å². The maximum absolute atomic E-state index is 12.1. The molecule has 5 nitrogen and oxygen atoms in total. The molecule has 0 radical (unpaired) electrons. The number of hydrogen-bond donors (Lipinski definition) is 1. The number of sulfonamides is 1. The van der Waals surface area contributed by atoms with Gasteiger partial charge in [-0.1, -0.05) is 13.8 Å². The van der Waals surface area contributed by atoms with Crippen molar-refractivity contribution in [1.82, 2.24) is 14.5 Å². The van der Waals surface area contributed by atoms with Crippen LogP contribution in [0.3, 0.4) is 0 Å². The topological polar surface area (TPSA) is 66.1 Å². The molecule has 1 unspecified atom stereocenters. The Bertz CT molecular complexity index is 439. The van der Waals surface area contributed by atoms with Crippen molar-refractivity contribution >= 4 is 10.0 Å². The quantitative estimate of drug-likeness (QED) is 0.863. The fourth-order valence-electron chi connectivity index (χ4n) is 2.05. The molecule has 1 aliphatic heterocycles. The molecule has 0 spiro atoms. The average Bonchev–Trinajstić information content (AvgIpc) is 2.90. The first-order valence-corrected chi connectivity index (χ1v) is 6.94. The molecular formula is C10H17N3O2S. The highest BCUT2D eigenvalue weighted by Crippen LogP contribution is 2.27. The van der Waals surface area contributed by atoms with Gasteiger partial charge in [-0.05, 0) is 18.3 Å². The third-order valence-corrected chi connectivity index (χ3v) is 5.07. The Labute approximate surface area is 95.9 Å². The predicted molar refractivity (Wildman–Crippen MR) is 60.3 cm³/mol. The van der Waals surface area contributed by atoms with Gasteiger partial charge in [-0.15, -0.1) is 0 Å². The van der Waals surface area contributed by atoms with Crippen molar-refractivity contribution in [2.24, 2.45) is 11.8 Å². The molecule has 1 saturated heterocycles. The van der Waals surface area contributed by atoms with Crippen molar-refractivity contribution in [3.8, 4) is 0 Å². The summed E-state index contributed by atoms with van der Waals surface area (Å²) in [7, 11) is -3.32. The van der Waals surface area contributed by atoms with Gasteiger partial charge in [0.2, 0.25) is 10.0 Å². The molecule has 1 aliphatic rings. The lowest BCUT2D eigenvalue weighted by Crippen LogP contribution is -2.29. The highest BCUT2D eigenvalue weighted by atomic mass is 32.2. The van der Waals surface area contributed by atoms with E-state index in [-0.39, 0.29) is 4.90 Å². The monoisotopic (exact) mass is 243 g/mol. The highest BCUT2D eigenvalue weighted by molar-refractivity contribution is 7.89. The fraction of sp³-hybridized carbons (Fsp3) is 0.700. The van der Waals surface area contributed by atoms with E-state index in [4.69, 9.17) is 0 Å². The Morgan fingerprint density at radius 3 is 2.81 bits per heavy atom. The molecule has 0 amide bonds. The molecule has 0 bridgehead atoms. The number of hydrogen-bond acceptors (Lipinski definition) is 3. The van der Waals surface area contributed by atoms with Gasteiger partial charge in [0.25, 0.3) is 0 Å². The molecular weight excluding hydrogens is 226 g/mol. The van der Waals surface area contributed by atoms with E-state index in [1.54, 1.807) is 4.31 Å². The first kappa shape index (κ1) is 11.6. The van der Waals surface area contributed by atoms with Gasteiger partial charge in [0.15, 0.2) is 0 Å². The van der Waals surface area contributed by atoms with E-state index < -0.39 is 10.0 Å². The smallest absolute Gasteiger partial charge is 0.246 e. The summed E-state index contributed by atoms with van der Waals surface area (Å²) in [5, 5.41) is 6.22. The van der Waals surface area contributed by atoms with Crippen molar-refractivity contribution in [3.05, 3.63) is 12.4 Å². The Morgan fingerprint density at radius 1 is 1.56 bits per heavy atom. The number of nitrogens with one attached hydrogen (secondary N) is 1. The third-order valence-electron chi connectivity index (χ3n) is 3.24. The number of rotatable bonds is 3. The van der Waals surface area contributed by atoms with Crippen molar-refractivity contribution in [3.63, 3.8) is 0 Å². The van der Waals surface area contributed by atoms with E-state index in [0.717, 1.165) is 6.42 Å². The summed E-state index contributed by atoms with van der Waals surface area (Å²) < 4.78 is 25.8. The van der Waals surface area contributed by atoms with Crippen LogP contribution in [0.1, 0.15) is 20.3 Å². The van der Waals surface area contributed by atoms with Gasteiger partial charge in [0, 0.05) is 19.3 Å². The van der Waals surface area contributed by atoms with Gasteiger partial charge >= 0.3 is 0 Å². The minimum absolute atomic E-state index is 0.261. The zero-order chi connectivity index (χ0) is 11.8. The summed E-state index contributed by atoms with van der Waals surface area (Å²) >= 11 is 0. The molecule has 1 aromatic heterocycles. The van der Waals surface area contributed by atoms with E-state index in [9.17, 15) is 8.42 Å². The van der Waals surface area contributed by atoms with Crippen molar-refractivity contribution in [1.29, 1.82) is 0 Å². The molecule has 0 saturated carbocycles. The summed E-state index contributed by atoms with van der Waals surface area (Å²) in [4.78, 5) is 0.261. The lowest BCUT2D eigenvalue weighted by Gasteiger charge is -2.16. The normalized spacial score (nSPS) is 23.1. The largest absolute Gasteiger partial charge is 0.284 e.